The van der Waals surface area contributed by atoms with Gasteiger partial charge in [-0.15, -0.1) is 0 Å². The fourth-order valence-corrected chi connectivity index (χ4v) is 3.23. The van der Waals surface area contributed by atoms with Crippen LogP contribution < -0.4 is 10.1 Å². The van der Waals surface area contributed by atoms with Crippen molar-refractivity contribution in [2.24, 2.45) is 0 Å². The molecule has 0 fully saturated rings. The second kappa shape index (κ2) is 9.84. The number of carbonyl (C=O) groups excluding carboxylic acids is 1. The molecular weight excluding hydrogens is 412 g/mol. The van der Waals surface area contributed by atoms with E-state index in [1.54, 1.807) is 0 Å². The van der Waals surface area contributed by atoms with Crippen LogP contribution in [0.25, 0.3) is 11.3 Å². The van der Waals surface area contributed by atoms with Crippen LogP contribution in [0.4, 0.5) is 4.79 Å². The largest absolute Gasteiger partial charge is 0.489 e. The van der Waals surface area contributed by atoms with Crippen molar-refractivity contribution in [1.82, 2.24) is 10.3 Å². The van der Waals surface area contributed by atoms with Crippen molar-refractivity contribution < 1.29 is 14.3 Å². The molecule has 31 heavy (non-hydrogen) atoms. The number of benzene rings is 2. The van der Waals surface area contributed by atoms with E-state index in [9.17, 15) is 4.79 Å². The number of hydrogen-bond acceptors (Lipinski definition) is 4. The van der Waals surface area contributed by atoms with Gasteiger partial charge >= 0.3 is 6.09 Å². The molecule has 0 aliphatic rings. The highest BCUT2D eigenvalue weighted by Gasteiger charge is 2.19. The number of para-hydroxylation sites is 1. The quantitative estimate of drug-likeness (QED) is 0.473. The van der Waals surface area contributed by atoms with Crippen LogP contribution in [-0.2, 0) is 11.3 Å². The van der Waals surface area contributed by atoms with Gasteiger partial charge in [-0.25, -0.2) is 4.79 Å². The molecule has 0 bridgehead atoms. The lowest BCUT2D eigenvalue weighted by atomic mass is 10.1. The summed E-state index contributed by atoms with van der Waals surface area (Å²) in [7, 11) is 0. The van der Waals surface area contributed by atoms with E-state index in [0.29, 0.717) is 11.6 Å². The SMILES string of the molecule is CC(NC(=O)OC(C)(C)C)c1cccc(-c2cc(Cl)cc(COc3ccccc3)c2)n1. The highest BCUT2D eigenvalue weighted by atomic mass is 35.5. The number of nitrogens with one attached hydrogen (secondary N) is 1. The summed E-state index contributed by atoms with van der Waals surface area (Å²) in [6, 6.07) is 20.8. The standard InChI is InChI=1S/C25H27ClN2O3/c1-17(27-24(29)31-25(2,3)4)22-11-8-12-23(28-22)19-13-18(14-20(26)15-19)16-30-21-9-6-5-7-10-21/h5-15,17H,16H2,1-4H3,(H,27,29). The van der Waals surface area contributed by atoms with Gasteiger partial charge in [-0.2, -0.15) is 0 Å². The molecule has 1 N–H and O–H groups in total. The lowest BCUT2D eigenvalue weighted by Gasteiger charge is -2.22. The second-order valence-corrected chi connectivity index (χ2v) is 8.70. The Kier molecular flexibility index (Phi) is 7.18. The van der Waals surface area contributed by atoms with Gasteiger partial charge < -0.3 is 14.8 Å². The van der Waals surface area contributed by atoms with E-state index in [4.69, 9.17) is 26.1 Å². The Balaban J connectivity index is 1.75. The Morgan fingerprint density at radius 1 is 1.06 bits per heavy atom. The normalized spacial score (nSPS) is 12.2. The summed E-state index contributed by atoms with van der Waals surface area (Å²) in [6.45, 7) is 7.75. The van der Waals surface area contributed by atoms with Crippen LogP contribution in [0.5, 0.6) is 5.75 Å². The minimum absolute atomic E-state index is 0.310. The molecule has 0 aliphatic carbocycles. The van der Waals surface area contributed by atoms with Crippen LogP contribution in [0.15, 0.2) is 66.7 Å². The predicted octanol–water partition coefficient (Wildman–Crippen LogP) is 6.57. The molecule has 0 saturated heterocycles. The van der Waals surface area contributed by atoms with Crippen molar-refractivity contribution in [3.05, 3.63) is 83.0 Å². The smallest absolute Gasteiger partial charge is 0.408 e. The average Bonchev–Trinajstić information content (AvgIpc) is 2.71. The molecule has 2 aromatic carbocycles. The molecule has 6 heteroatoms. The first-order valence-electron chi connectivity index (χ1n) is 10.1. The number of halogens is 1. The lowest BCUT2D eigenvalue weighted by molar-refractivity contribution is 0.0507. The Morgan fingerprint density at radius 2 is 1.81 bits per heavy atom. The molecule has 0 saturated carbocycles. The van der Waals surface area contributed by atoms with Crippen molar-refractivity contribution in [1.29, 1.82) is 0 Å². The highest BCUT2D eigenvalue weighted by molar-refractivity contribution is 6.30. The molecule has 1 atom stereocenters. The first-order valence-corrected chi connectivity index (χ1v) is 10.5. The van der Waals surface area contributed by atoms with Crippen molar-refractivity contribution in [2.75, 3.05) is 0 Å². The molecule has 3 rings (SSSR count). The maximum Gasteiger partial charge on any atom is 0.408 e. The van der Waals surface area contributed by atoms with Crippen molar-refractivity contribution in [3.8, 4) is 17.0 Å². The molecule has 162 valence electrons. The summed E-state index contributed by atoms with van der Waals surface area (Å²) in [5, 5.41) is 3.43. The first-order chi connectivity index (χ1) is 14.7. The van der Waals surface area contributed by atoms with Crippen LogP contribution in [0, 0.1) is 0 Å². The summed E-state index contributed by atoms with van der Waals surface area (Å²) in [6.07, 6.45) is -0.477. The maximum absolute atomic E-state index is 12.1. The summed E-state index contributed by atoms with van der Waals surface area (Å²) in [5.41, 5.74) is 2.76. The number of aromatic nitrogens is 1. The zero-order valence-electron chi connectivity index (χ0n) is 18.2. The van der Waals surface area contributed by atoms with Crippen LogP contribution >= 0.6 is 11.6 Å². The molecule has 1 unspecified atom stereocenters. The van der Waals surface area contributed by atoms with Gasteiger partial charge in [-0.1, -0.05) is 35.9 Å². The predicted molar refractivity (Wildman–Crippen MR) is 123 cm³/mol. The third kappa shape index (κ3) is 7.00. The number of rotatable bonds is 6. The average molecular weight is 439 g/mol. The number of ether oxygens (including phenoxy) is 2. The van der Waals surface area contributed by atoms with Gasteiger partial charge in [0.15, 0.2) is 0 Å². The molecule has 0 radical (unpaired) electrons. The van der Waals surface area contributed by atoms with Gasteiger partial charge in [0.05, 0.1) is 17.4 Å². The Bertz CT molecular complexity index is 1030. The third-order valence-corrected chi connectivity index (χ3v) is 4.57. The molecular formula is C25H27ClN2O3. The Morgan fingerprint density at radius 3 is 2.52 bits per heavy atom. The molecule has 3 aromatic rings. The molecule has 0 spiro atoms. The topological polar surface area (TPSA) is 60.5 Å². The van der Waals surface area contributed by atoms with Gasteiger partial charge in [0.2, 0.25) is 0 Å². The summed E-state index contributed by atoms with van der Waals surface area (Å²) >= 11 is 6.36. The number of nitrogens with zero attached hydrogens (tertiary/aromatic N) is 1. The van der Waals surface area contributed by atoms with Gasteiger partial charge in [-0.3, -0.25) is 4.98 Å². The molecule has 1 aromatic heterocycles. The summed E-state index contributed by atoms with van der Waals surface area (Å²) in [5.74, 6) is 0.797. The molecule has 1 heterocycles. The van der Waals surface area contributed by atoms with Crippen LogP contribution in [0.2, 0.25) is 5.02 Å². The van der Waals surface area contributed by atoms with Crippen molar-refractivity contribution >= 4 is 17.7 Å². The zero-order valence-corrected chi connectivity index (χ0v) is 18.9. The zero-order chi connectivity index (χ0) is 22.4. The van der Waals surface area contributed by atoms with E-state index < -0.39 is 11.7 Å². The monoisotopic (exact) mass is 438 g/mol. The van der Waals surface area contributed by atoms with Crippen LogP contribution in [0.3, 0.4) is 0 Å². The van der Waals surface area contributed by atoms with Crippen molar-refractivity contribution in [2.45, 2.75) is 45.9 Å². The number of carbonyl (C=O) groups is 1. The van der Waals surface area contributed by atoms with Gasteiger partial charge in [0, 0.05) is 10.6 Å². The van der Waals surface area contributed by atoms with Crippen LogP contribution in [0.1, 0.15) is 45.0 Å². The van der Waals surface area contributed by atoms with E-state index in [-0.39, 0.29) is 6.04 Å². The molecule has 5 nitrogen and oxygen atoms in total. The molecule has 0 aliphatic heterocycles. The number of hydrogen-bond donors (Lipinski definition) is 1. The summed E-state index contributed by atoms with van der Waals surface area (Å²) in [4.78, 5) is 16.8. The highest BCUT2D eigenvalue weighted by Crippen LogP contribution is 2.26. The van der Waals surface area contributed by atoms with E-state index in [1.165, 1.54) is 0 Å². The third-order valence-electron chi connectivity index (χ3n) is 4.35. The Hall–Kier alpha value is -3.05. The number of amides is 1. The van der Waals surface area contributed by atoms with E-state index in [1.807, 2.05) is 94.4 Å². The number of alkyl carbamates (subject to hydrolysis) is 1. The minimum Gasteiger partial charge on any atom is -0.489 e. The fourth-order valence-electron chi connectivity index (χ4n) is 2.98. The minimum atomic E-state index is -0.557. The summed E-state index contributed by atoms with van der Waals surface area (Å²) < 4.78 is 11.2. The van der Waals surface area contributed by atoms with Crippen LogP contribution in [-0.4, -0.2) is 16.7 Å². The van der Waals surface area contributed by atoms with Gasteiger partial charge in [0.25, 0.3) is 0 Å². The van der Waals surface area contributed by atoms with E-state index >= 15 is 0 Å². The maximum atomic E-state index is 12.1. The lowest BCUT2D eigenvalue weighted by Crippen LogP contribution is -2.34. The fraction of sp³-hybridized carbons (Fsp3) is 0.280. The van der Waals surface area contributed by atoms with E-state index in [0.717, 1.165) is 28.3 Å². The van der Waals surface area contributed by atoms with E-state index in [2.05, 4.69) is 5.32 Å². The molecule has 1 amide bonds. The van der Waals surface area contributed by atoms with Crippen molar-refractivity contribution in [3.63, 3.8) is 0 Å². The first kappa shape index (κ1) is 22.6. The van der Waals surface area contributed by atoms with Gasteiger partial charge in [-0.05, 0) is 75.7 Å². The van der Waals surface area contributed by atoms with Gasteiger partial charge in [0.1, 0.15) is 18.0 Å². The Labute approximate surface area is 188 Å². The number of pyridine rings is 1. The second-order valence-electron chi connectivity index (χ2n) is 8.27.